The van der Waals surface area contributed by atoms with Crippen LogP contribution in [0.4, 0.5) is 0 Å². The number of sulfone groups is 1. The van der Waals surface area contributed by atoms with E-state index >= 15 is 0 Å². The molecule has 3 heteroatoms. The first kappa shape index (κ1) is 21.3. The van der Waals surface area contributed by atoms with Gasteiger partial charge in [0.2, 0.25) is 9.84 Å². The molecule has 1 heterocycles. The number of hydrogen-bond acceptors (Lipinski definition) is 2. The van der Waals surface area contributed by atoms with Gasteiger partial charge in [0, 0.05) is 22.1 Å². The first-order chi connectivity index (χ1) is 17.4. The van der Waals surface area contributed by atoms with E-state index in [0.717, 1.165) is 33.4 Å². The summed E-state index contributed by atoms with van der Waals surface area (Å²) >= 11 is 0. The molecule has 36 heavy (non-hydrogen) atoms. The Kier molecular flexibility index (Phi) is 4.32. The fourth-order valence-corrected chi connectivity index (χ4v) is 7.95. The van der Waals surface area contributed by atoms with E-state index in [-0.39, 0.29) is 5.41 Å². The highest BCUT2D eigenvalue weighted by Crippen LogP contribution is 2.50. The zero-order valence-corrected chi connectivity index (χ0v) is 20.9. The Morgan fingerprint density at radius 3 is 1.97 bits per heavy atom. The van der Waals surface area contributed by atoms with Gasteiger partial charge in [-0.1, -0.05) is 105 Å². The van der Waals surface area contributed by atoms with Crippen LogP contribution in [0, 0.1) is 0 Å². The highest BCUT2D eigenvalue weighted by atomic mass is 32.2. The van der Waals surface area contributed by atoms with Crippen LogP contribution < -0.4 is 0 Å². The second kappa shape index (κ2) is 7.28. The maximum Gasteiger partial charge on any atom is 0.208 e. The lowest BCUT2D eigenvalue weighted by Gasteiger charge is -2.21. The molecule has 0 N–H and O–H groups in total. The van der Waals surface area contributed by atoms with Gasteiger partial charge < -0.3 is 0 Å². The van der Waals surface area contributed by atoms with Crippen molar-refractivity contribution in [2.75, 3.05) is 0 Å². The molecule has 0 bridgehead atoms. The minimum absolute atomic E-state index is 0.0275. The highest BCUT2D eigenvalue weighted by Gasteiger charge is 2.36. The van der Waals surface area contributed by atoms with Gasteiger partial charge in [-0.25, -0.2) is 8.42 Å². The number of hydrogen-bond donors (Lipinski definition) is 0. The summed E-state index contributed by atoms with van der Waals surface area (Å²) in [6.45, 7) is 4.57. The van der Waals surface area contributed by atoms with Crippen molar-refractivity contribution in [1.82, 2.24) is 0 Å². The lowest BCUT2D eigenvalue weighted by molar-refractivity contribution is 0.599. The van der Waals surface area contributed by atoms with Gasteiger partial charge in [0.15, 0.2) is 0 Å². The van der Waals surface area contributed by atoms with E-state index in [0.29, 0.717) is 9.79 Å². The third-order valence-corrected chi connectivity index (χ3v) is 9.75. The molecule has 0 atom stereocenters. The van der Waals surface area contributed by atoms with Crippen LogP contribution in [0.1, 0.15) is 25.0 Å². The maximum absolute atomic E-state index is 13.5. The smallest absolute Gasteiger partial charge is 0.208 e. The van der Waals surface area contributed by atoms with Crippen molar-refractivity contribution in [2.24, 2.45) is 0 Å². The fourth-order valence-electron chi connectivity index (χ4n) is 6.07. The number of benzene rings is 5. The van der Waals surface area contributed by atoms with E-state index in [1.54, 1.807) is 12.1 Å². The second-order valence-corrected chi connectivity index (χ2v) is 12.0. The van der Waals surface area contributed by atoms with Crippen molar-refractivity contribution in [1.29, 1.82) is 0 Å². The van der Waals surface area contributed by atoms with Gasteiger partial charge in [-0.3, -0.25) is 0 Å². The molecule has 0 radical (unpaired) electrons. The molecule has 0 aromatic heterocycles. The van der Waals surface area contributed by atoms with Crippen molar-refractivity contribution in [3.63, 3.8) is 0 Å². The van der Waals surface area contributed by atoms with E-state index < -0.39 is 9.84 Å². The van der Waals surface area contributed by atoms with Crippen molar-refractivity contribution in [2.45, 2.75) is 29.1 Å². The monoisotopic (exact) mass is 484 g/mol. The van der Waals surface area contributed by atoms with Crippen LogP contribution >= 0.6 is 0 Å². The van der Waals surface area contributed by atoms with E-state index in [1.807, 2.05) is 42.5 Å². The average molecular weight is 485 g/mol. The highest BCUT2D eigenvalue weighted by molar-refractivity contribution is 7.92. The molecule has 0 amide bonds. The predicted octanol–water partition coefficient (Wildman–Crippen LogP) is 8.14. The second-order valence-electron chi connectivity index (χ2n) is 10.2. The summed E-state index contributed by atoms with van der Waals surface area (Å²) in [7, 11) is -3.58. The van der Waals surface area contributed by atoms with Crippen molar-refractivity contribution < 1.29 is 8.42 Å². The molecule has 2 nitrogen and oxygen atoms in total. The summed E-state index contributed by atoms with van der Waals surface area (Å²) in [4.78, 5) is 0.802. The number of fused-ring (bicyclic) bond motifs is 6. The summed E-state index contributed by atoms with van der Waals surface area (Å²) in [5.41, 5.74) is 10.7. The minimum atomic E-state index is -3.58. The topological polar surface area (TPSA) is 34.1 Å². The zero-order chi connectivity index (χ0) is 24.7. The van der Waals surface area contributed by atoms with Crippen LogP contribution in [-0.4, -0.2) is 8.42 Å². The van der Waals surface area contributed by atoms with Gasteiger partial charge in [0.1, 0.15) is 0 Å². The van der Waals surface area contributed by atoms with Crippen molar-refractivity contribution in [3.8, 4) is 44.5 Å². The Morgan fingerprint density at radius 2 is 1.11 bits per heavy atom. The number of rotatable bonds is 2. The Morgan fingerprint density at radius 1 is 0.500 bits per heavy atom. The third-order valence-electron chi connectivity index (χ3n) is 7.84. The van der Waals surface area contributed by atoms with Crippen LogP contribution in [0.3, 0.4) is 0 Å². The fraction of sp³-hybridized carbons (Fsp3) is 0.0909. The molecule has 0 saturated heterocycles. The summed E-state index contributed by atoms with van der Waals surface area (Å²) < 4.78 is 27.1. The molecule has 2 aliphatic rings. The summed E-state index contributed by atoms with van der Waals surface area (Å²) in [5.74, 6) is 0. The first-order valence-electron chi connectivity index (χ1n) is 12.2. The molecule has 0 unspecified atom stereocenters. The molecule has 0 saturated carbocycles. The van der Waals surface area contributed by atoms with Crippen LogP contribution in [0.25, 0.3) is 44.5 Å². The molecule has 0 fully saturated rings. The summed E-state index contributed by atoms with van der Waals surface area (Å²) in [6.07, 6.45) is 0. The molecule has 5 aromatic carbocycles. The van der Waals surface area contributed by atoms with Gasteiger partial charge >= 0.3 is 0 Å². The van der Waals surface area contributed by atoms with E-state index in [4.69, 9.17) is 0 Å². The van der Waals surface area contributed by atoms with Gasteiger partial charge in [0.05, 0.1) is 9.79 Å². The van der Waals surface area contributed by atoms with E-state index in [9.17, 15) is 8.42 Å². The summed E-state index contributed by atoms with van der Waals surface area (Å²) in [5, 5.41) is 0. The molecule has 174 valence electrons. The SMILES string of the molecule is CC1(C)c2ccccc2-c2cc(-c3cccc(-c4cccc5c4S(=O)(=O)c4ccccc4-5)c3)ccc21. The summed E-state index contributed by atoms with van der Waals surface area (Å²) in [6, 6.07) is 36.7. The van der Waals surface area contributed by atoms with E-state index in [2.05, 4.69) is 68.4 Å². The first-order valence-corrected chi connectivity index (χ1v) is 13.7. The van der Waals surface area contributed by atoms with Crippen LogP contribution in [0.2, 0.25) is 0 Å². The lowest BCUT2D eigenvalue weighted by atomic mass is 9.82. The molecular weight excluding hydrogens is 460 g/mol. The third kappa shape index (κ3) is 2.81. The molecule has 1 aliphatic carbocycles. The molecular formula is C33H24O2S. The quantitative estimate of drug-likeness (QED) is 0.249. The van der Waals surface area contributed by atoms with Crippen molar-refractivity contribution in [3.05, 3.63) is 120 Å². The van der Waals surface area contributed by atoms with Crippen LogP contribution in [0.5, 0.6) is 0 Å². The maximum atomic E-state index is 13.5. The van der Waals surface area contributed by atoms with E-state index in [1.165, 1.54) is 22.3 Å². The Labute approximate surface area is 211 Å². The average Bonchev–Trinajstić information content (AvgIpc) is 3.29. The Balaban J connectivity index is 1.38. The standard InChI is InChI=1S/C33H24O2S/c1-33(2)29-15-5-3-11-25(29)28-20-22(17-18-30(28)33)21-9-7-10-23(19-21)24-13-8-14-27-26-12-4-6-16-31(26)36(34,35)32(24)27/h3-20H,1-2H3. The minimum Gasteiger partial charge on any atom is -0.218 e. The molecule has 5 aromatic rings. The van der Waals surface area contributed by atoms with Crippen LogP contribution in [0.15, 0.2) is 119 Å². The Bertz CT molecular complexity index is 1830. The molecule has 7 rings (SSSR count). The molecule has 1 aliphatic heterocycles. The van der Waals surface area contributed by atoms with Gasteiger partial charge in [0.25, 0.3) is 0 Å². The zero-order valence-electron chi connectivity index (χ0n) is 20.1. The Hall–Kier alpha value is -3.95. The largest absolute Gasteiger partial charge is 0.218 e. The van der Waals surface area contributed by atoms with Crippen molar-refractivity contribution >= 4 is 9.84 Å². The normalized spacial score (nSPS) is 15.6. The lowest BCUT2D eigenvalue weighted by Crippen LogP contribution is -2.14. The van der Waals surface area contributed by atoms with Gasteiger partial charge in [-0.05, 0) is 57.1 Å². The van der Waals surface area contributed by atoms with Crippen LogP contribution in [-0.2, 0) is 15.3 Å². The molecule has 0 spiro atoms. The van der Waals surface area contributed by atoms with Gasteiger partial charge in [-0.15, -0.1) is 0 Å². The predicted molar refractivity (Wildman–Crippen MR) is 146 cm³/mol. The van der Waals surface area contributed by atoms with Gasteiger partial charge in [-0.2, -0.15) is 0 Å².